The second kappa shape index (κ2) is 5.05. The minimum absolute atomic E-state index is 0.0451. The Morgan fingerprint density at radius 3 is 1.67 bits per heavy atom. The molecule has 0 amide bonds. The van der Waals surface area contributed by atoms with Crippen molar-refractivity contribution < 1.29 is 13.2 Å². The number of nitrogens with two attached hydrogens (primary N) is 1. The highest BCUT2D eigenvalue weighted by Crippen LogP contribution is 2.36. The van der Waals surface area contributed by atoms with Gasteiger partial charge in [-0.25, -0.2) is 0 Å². The van der Waals surface area contributed by atoms with E-state index in [0.717, 1.165) is 12.1 Å². The number of benzene rings is 1. The largest absolute Gasteiger partial charge is 0.416 e. The van der Waals surface area contributed by atoms with Crippen LogP contribution in [0.25, 0.3) is 0 Å². The maximum Gasteiger partial charge on any atom is 0.416 e. The molecule has 1 aromatic rings. The van der Waals surface area contributed by atoms with Gasteiger partial charge in [-0.3, -0.25) is 0 Å². The number of alkyl halides is 3. The van der Waals surface area contributed by atoms with Crippen LogP contribution < -0.4 is 5.73 Å². The number of nitrogen functional groups attached to an aromatic ring is 1. The van der Waals surface area contributed by atoms with Gasteiger partial charge in [0.05, 0.1) is 21.3 Å². The van der Waals surface area contributed by atoms with E-state index in [0.29, 0.717) is 0 Å². The van der Waals surface area contributed by atoms with Crippen LogP contribution in [0.3, 0.4) is 0 Å². The first kappa shape index (κ1) is 13.8. The summed E-state index contributed by atoms with van der Waals surface area (Å²) in [6, 6.07) is 1.48. The van der Waals surface area contributed by atoms with E-state index in [1.165, 1.54) is 0 Å². The Morgan fingerprint density at radius 1 is 1.07 bits per heavy atom. The Balaban J connectivity index is 0.000000921. The number of nitrogens with zero attached hydrogens (tertiary/aromatic N) is 2. The van der Waals surface area contributed by atoms with Crippen LogP contribution in [0.4, 0.5) is 18.9 Å². The van der Waals surface area contributed by atoms with Gasteiger partial charge in [0.15, 0.2) is 0 Å². The van der Waals surface area contributed by atoms with Gasteiger partial charge in [0, 0.05) is 10.8 Å². The number of rotatable bonds is 0. The third-order valence-electron chi connectivity index (χ3n) is 1.41. The van der Waals surface area contributed by atoms with Crippen LogP contribution in [0.15, 0.2) is 12.1 Å². The molecule has 1 rings (SSSR count). The van der Waals surface area contributed by atoms with Crippen molar-refractivity contribution in [2.45, 2.75) is 6.18 Å². The normalized spacial score (nSPS) is 10.3. The Kier molecular flexibility index (Phi) is 4.65. The molecule has 8 heteroatoms. The number of hydrogen-bond acceptors (Lipinski definition) is 3. The Bertz CT molecular complexity index is 352. The minimum Gasteiger partial charge on any atom is -0.396 e. The molecule has 0 aliphatic carbocycles. The lowest BCUT2D eigenvalue weighted by Gasteiger charge is -2.09. The Morgan fingerprint density at radius 2 is 1.40 bits per heavy atom. The van der Waals surface area contributed by atoms with E-state index in [9.17, 15) is 13.2 Å². The van der Waals surface area contributed by atoms with Gasteiger partial charge in [-0.15, -0.1) is 0 Å². The van der Waals surface area contributed by atoms with Crippen molar-refractivity contribution in [3.8, 4) is 0 Å². The molecule has 0 aromatic heterocycles. The van der Waals surface area contributed by atoms with Crippen molar-refractivity contribution in [2.75, 3.05) is 5.73 Å². The lowest BCUT2D eigenvalue weighted by Crippen LogP contribution is -2.05. The van der Waals surface area contributed by atoms with E-state index in [4.69, 9.17) is 39.7 Å². The third-order valence-corrected chi connectivity index (χ3v) is 2.03. The molecule has 1 aromatic carbocycles. The van der Waals surface area contributed by atoms with Gasteiger partial charge in [-0.05, 0) is 12.1 Å². The molecule has 0 spiro atoms. The molecule has 0 radical (unpaired) electrons. The molecule has 0 bridgehead atoms. The molecule has 82 valence electrons. The molecule has 0 unspecified atom stereocenters. The average Bonchev–Trinajstić information content (AvgIpc) is 2.15. The van der Waals surface area contributed by atoms with Crippen LogP contribution in [-0.2, 0) is 6.18 Å². The molecule has 0 fully saturated rings. The highest BCUT2D eigenvalue weighted by Gasteiger charge is 2.31. The number of hydrogen-bond donors (Lipinski definition) is 1. The summed E-state index contributed by atoms with van der Waals surface area (Å²) in [4.78, 5) is 0. The molecule has 0 heterocycles. The SMILES string of the molecule is N#N.Nc1c(Cl)cc(C(F)(F)F)cc1Cl. The van der Waals surface area contributed by atoms with Crippen LogP contribution in [0, 0.1) is 10.8 Å². The van der Waals surface area contributed by atoms with Crippen molar-refractivity contribution in [3.63, 3.8) is 0 Å². The van der Waals surface area contributed by atoms with E-state index in [2.05, 4.69) is 0 Å². The van der Waals surface area contributed by atoms with Gasteiger partial charge < -0.3 is 5.73 Å². The van der Waals surface area contributed by atoms with Gasteiger partial charge in [0.1, 0.15) is 0 Å². The van der Waals surface area contributed by atoms with E-state index in [-0.39, 0.29) is 15.7 Å². The predicted octanol–water partition coefficient (Wildman–Crippen LogP) is 3.62. The van der Waals surface area contributed by atoms with Crippen molar-refractivity contribution in [2.24, 2.45) is 0 Å². The van der Waals surface area contributed by atoms with E-state index in [1.807, 2.05) is 0 Å². The van der Waals surface area contributed by atoms with Crippen LogP contribution in [0.1, 0.15) is 5.56 Å². The van der Waals surface area contributed by atoms with Gasteiger partial charge in [0.2, 0.25) is 0 Å². The summed E-state index contributed by atoms with van der Waals surface area (Å²) < 4.78 is 36.4. The fourth-order valence-corrected chi connectivity index (χ4v) is 1.24. The molecular formula is C7H4Cl2F3N3. The van der Waals surface area contributed by atoms with Gasteiger partial charge in [0.25, 0.3) is 0 Å². The molecule has 15 heavy (non-hydrogen) atoms. The van der Waals surface area contributed by atoms with Gasteiger partial charge in [-0.2, -0.15) is 13.2 Å². The third kappa shape index (κ3) is 3.46. The molecule has 0 saturated carbocycles. The number of halogens is 5. The first-order valence-electron chi connectivity index (χ1n) is 3.34. The Labute approximate surface area is 93.0 Å². The smallest absolute Gasteiger partial charge is 0.396 e. The summed E-state index contributed by atoms with van der Waals surface area (Å²) in [5, 5.41) is 11.6. The molecular weight excluding hydrogens is 254 g/mol. The van der Waals surface area contributed by atoms with Gasteiger partial charge in [-0.1, -0.05) is 23.2 Å². The topological polar surface area (TPSA) is 73.6 Å². The lowest BCUT2D eigenvalue weighted by molar-refractivity contribution is -0.137. The quantitative estimate of drug-likeness (QED) is 0.570. The summed E-state index contributed by atoms with van der Waals surface area (Å²) in [6.07, 6.45) is -4.46. The van der Waals surface area contributed by atoms with E-state index >= 15 is 0 Å². The summed E-state index contributed by atoms with van der Waals surface area (Å²) in [7, 11) is 0. The zero-order chi connectivity index (χ0) is 12.2. The van der Waals surface area contributed by atoms with Crippen molar-refractivity contribution in [3.05, 3.63) is 27.7 Å². The highest BCUT2D eigenvalue weighted by molar-refractivity contribution is 6.38. The molecule has 0 saturated heterocycles. The summed E-state index contributed by atoms with van der Waals surface area (Å²) in [5.74, 6) is 0. The fraction of sp³-hybridized carbons (Fsp3) is 0.143. The summed E-state index contributed by atoms with van der Waals surface area (Å²) in [5.41, 5.74) is 4.31. The fourth-order valence-electron chi connectivity index (χ4n) is 0.748. The maximum atomic E-state index is 12.1. The summed E-state index contributed by atoms with van der Waals surface area (Å²) >= 11 is 10.8. The summed E-state index contributed by atoms with van der Waals surface area (Å²) in [6.45, 7) is 0. The second-order valence-electron chi connectivity index (χ2n) is 2.35. The maximum absolute atomic E-state index is 12.1. The van der Waals surface area contributed by atoms with E-state index < -0.39 is 11.7 Å². The van der Waals surface area contributed by atoms with Crippen molar-refractivity contribution in [1.29, 1.82) is 10.8 Å². The Hall–Kier alpha value is -1.19. The minimum atomic E-state index is -4.46. The lowest BCUT2D eigenvalue weighted by atomic mass is 10.2. The van der Waals surface area contributed by atoms with Gasteiger partial charge >= 0.3 is 6.18 Å². The van der Waals surface area contributed by atoms with Crippen molar-refractivity contribution in [1.82, 2.24) is 0 Å². The molecule has 3 nitrogen and oxygen atoms in total. The monoisotopic (exact) mass is 257 g/mol. The molecule has 0 atom stereocenters. The zero-order valence-electron chi connectivity index (χ0n) is 7.02. The van der Waals surface area contributed by atoms with Crippen LogP contribution in [0.5, 0.6) is 0 Å². The van der Waals surface area contributed by atoms with Crippen LogP contribution in [0.2, 0.25) is 10.0 Å². The predicted molar refractivity (Wildman–Crippen MR) is 49.3 cm³/mol. The molecule has 0 aliphatic rings. The van der Waals surface area contributed by atoms with Crippen molar-refractivity contribution >= 4 is 28.9 Å². The molecule has 0 aliphatic heterocycles. The van der Waals surface area contributed by atoms with Crippen LogP contribution in [-0.4, -0.2) is 0 Å². The second-order valence-corrected chi connectivity index (χ2v) is 3.17. The first-order chi connectivity index (χ1) is 6.82. The first-order valence-corrected chi connectivity index (χ1v) is 4.09. The zero-order valence-corrected chi connectivity index (χ0v) is 8.53. The molecule has 2 N–H and O–H groups in total. The highest BCUT2D eigenvalue weighted by atomic mass is 35.5. The standard InChI is InChI=1S/C7H4Cl2F3N.N2/c8-4-1-3(7(10,11)12)2-5(9)6(4)13;1-2/h1-2H,13H2;. The number of anilines is 1. The van der Waals surface area contributed by atoms with E-state index in [1.54, 1.807) is 0 Å². The van der Waals surface area contributed by atoms with Crippen LogP contribution >= 0.6 is 23.2 Å². The average molecular weight is 258 g/mol.